The lowest BCUT2D eigenvalue weighted by Crippen LogP contribution is -2.58. The molecule has 6 aromatic heterocycles. The van der Waals surface area contributed by atoms with Gasteiger partial charge in [-0.05, 0) is 0 Å². The number of rotatable bonds is 9. The molecule has 0 saturated carbocycles. The highest BCUT2D eigenvalue weighted by Gasteiger charge is 2.60. The van der Waals surface area contributed by atoms with Crippen LogP contribution in [0.2, 0.25) is 0 Å². The van der Waals surface area contributed by atoms with Gasteiger partial charge in [-0.2, -0.15) is 0 Å². The largest absolute Gasteiger partial charge is 0.400 e. The monoisotopic (exact) mass is 502 g/mol. The van der Waals surface area contributed by atoms with Crippen molar-refractivity contribution in [2.45, 2.75) is 23.9 Å². The van der Waals surface area contributed by atoms with Crippen LogP contribution in [0, 0.1) is 0 Å². The number of hydrogen-bond donors (Lipinski definition) is 8. The maximum atomic E-state index is 12.8. The van der Waals surface area contributed by atoms with E-state index >= 15 is 0 Å². The van der Waals surface area contributed by atoms with Crippen molar-refractivity contribution in [2.24, 2.45) is 0 Å². The highest BCUT2D eigenvalue weighted by Crippen LogP contribution is 2.46. The second kappa shape index (κ2) is 10.0. The van der Waals surface area contributed by atoms with Crippen LogP contribution >= 0.6 is 0 Å². The minimum Gasteiger partial charge on any atom is -0.400 e. The van der Waals surface area contributed by atoms with Crippen LogP contribution in [0.25, 0.3) is 11.5 Å². The molecule has 0 fully saturated rings. The molecule has 0 saturated heterocycles. The fourth-order valence-corrected chi connectivity index (χ4v) is 4.65. The summed E-state index contributed by atoms with van der Waals surface area (Å²) >= 11 is 0. The number of aliphatic hydroxyl groups excluding tert-OH is 1. The molecule has 0 aliphatic heterocycles. The van der Waals surface area contributed by atoms with E-state index in [9.17, 15) is 5.11 Å². The Morgan fingerprint density at radius 1 is 0.622 bits per heavy atom. The molecule has 0 bridgehead atoms. The molecule has 37 heavy (non-hydrogen) atoms. The van der Waals surface area contributed by atoms with Crippen LogP contribution < -0.4 is 0 Å². The molecule has 6 heterocycles. The summed E-state index contributed by atoms with van der Waals surface area (Å²) in [6.07, 6.45) is 18.6. The summed E-state index contributed by atoms with van der Waals surface area (Å²) in [6.45, 7) is 0. The molecule has 14 nitrogen and oxygen atoms in total. The van der Waals surface area contributed by atoms with Gasteiger partial charge in [-0.3, -0.25) is 0 Å². The van der Waals surface area contributed by atoms with Gasteiger partial charge in [0.15, 0.2) is 11.2 Å². The number of imidazole rings is 6. The third kappa shape index (κ3) is 4.13. The van der Waals surface area contributed by atoms with Crippen LogP contribution in [0.5, 0.6) is 0 Å². The van der Waals surface area contributed by atoms with Crippen LogP contribution in [0.3, 0.4) is 0 Å². The maximum Gasteiger partial charge on any atom is 0.172 e. The first-order valence-electron chi connectivity index (χ1n) is 11.4. The van der Waals surface area contributed by atoms with E-state index in [0.29, 0.717) is 40.6 Å². The van der Waals surface area contributed by atoms with Gasteiger partial charge in [0, 0.05) is 81.9 Å². The van der Waals surface area contributed by atoms with Crippen molar-refractivity contribution >= 4 is 0 Å². The molecule has 8 N–H and O–H groups in total. The lowest BCUT2D eigenvalue weighted by atomic mass is 9.65. The lowest BCUT2D eigenvalue weighted by Gasteiger charge is -2.43. The Morgan fingerprint density at radius 3 is 1.59 bits per heavy atom. The van der Waals surface area contributed by atoms with E-state index < -0.39 is 11.0 Å². The van der Waals surface area contributed by atoms with Gasteiger partial charge in [0.2, 0.25) is 0 Å². The van der Waals surface area contributed by atoms with Crippen LogP contribution in [-0.2, 0) is 18.3 Å². The fraction of sp³-hybridized carbons (Fsp3) is 0.217. The first-order chi connectivity index (χ1) is 18.2. The predicted molar refractivity (Wildman–Crippen MR) is 131 cm³/mol. The zero-order valence-corrected chi connectivity index (χ0v) is 19.8. The molecule has 0 unspecified atom stereocenters. The molecule has 6 rings (SSSR count). The summed E-state index contributed by atoms with van der Waals surface area (Å²) in [5.41, 5.74) is -2.38. The second-order valence-corrected chi connectivity index (χ2v) is 8.17. The average molecular weight is 503 g/mol. The third-order valence-corrected chi connectivity index (χ3v) is 6.12. The van der Waals surface area contributed by atoms with Crippen molar-refractivity contribution in [2.75, 3.05) is 7.11 Å². The Bertz CT molecular complexity index is 1380. The number of aliphatic hydroxyl groups is 2. The molecule has 0 radical (unpaired) electrons. The summed E-state index contributed by atoms with van der Waals surface area (Å²) in [5, 5.41) is 19.8. The summed E-state index contributed by atoms with van der Waals surface area (Å²) < 4.78 is 0. The fourth-order valence-electron chi connectivity index (χ4n) is 4.65. The molecule has 6 aromatic rings. The summed E-state index contributed by atoms with van der Waals surface area (Å²) in [5.74, 6) is 3.06. The molecule has 0 spiro atoms. The van der Waals surface area contributed by atoms with E-state index in [2.05, 4.69) is 54.8 Å². The number of nitrogens with one attached hydrogen (secondary N) is 6. The van der Waals surface area contributed by atoms with Gasteiger partial charge in [0.05, 0.1) is 6.20 Å². The summed E-state index contributed by atoms with van der Waals surface area (Å²) in [4.78, 5) is 46.1. The van der Waals surface area contributed by atoms with Gasteiger partial charge in [-0.15, -0.1) is 0 Å². The van der Waals surface area contributed by atoms with Gasteiger partial charge < -0.3 is 40.1 Å². The van der Waals surface area contributed by atoms with Crippen molar-refractivity contribution in [3.8, 4) is 11.5 Å². The quantitative estimate of drug-likeness (QED) is 0.142. The molecule has 0 aliphatic rings. The number of aromatic amines is 6. The van der Waals surface area contributed by atoms with Gasteiger partial charge in [0.1, 0.15) is 40.4 Å². The molecule has 14 heteroatoms. The Balaban J connectivity index is 0.00000137. The molecule has 0 aromatic carbocycles. The molecule has 0 atom stereocenters. The molecular formula is C23H26N12O2. The van der Waals surface area contributed by atoms with E-state index in [1.165, 1.54) is 0 Å². The van der Waals surface area contributed by atoms with Crippen molar-refractivity contribution in [3.05, 3.63) is 97.3 Å². The first-order valence-corrected chi connectivity index (χ1v) is 11.4. The Hall–Kier alpha value is -4.82. The smallest absolute Gasteiger partial charge is 0.172 e. The minimum absolute atomic E-state index is 0.110. The van der Waals surface area contributed by atoms with E-state index in [1.807, 2.05) is 0 Å². The SMILES string of the molecule is CO.OC(Cc1ncc[nH]1)(Cc1ncc[nH]1)C(c1ncc[nH]1)(c1ncc[nH]1)c1ncc(-c2ncc[nH]2)[nH]1. The normalized spacial score (nSPS) is 11.9. The van der Waals surface area contributed by atoms with Gasteiger partial charge in [-0.1, -0.05) is 0 Å². The molecular weight excluding hydrogens is 476 g/mol. The van der Waals surface area contributed by atoms with Crippen LogP contribution in [0.1, 0.15) is 29.1 Å². The van der Waals surface area contributed by atoms with Crippen molar-refractivity contribution in [1.29, 1.82) is 0 Å². The van der Waals surface area contributed by atoms with Crippen LogP contribution in [0.4, 0.5) is 0 Å². The van der Waals surface area contributed by atoms with Crippen LogP contribution in [0.15, 0.2) is 68.2 Å². The Morgan fingerprint density at radius 2 is 1.14 bits per heavy atom. The highest BCUT2D eigenvalue weighted by atomic mass is 16.3. The van der Waals surface area contributed by atoms with Gasteiger partial charge in [-0.25, -0.2) is 29.9 Å². The van der Waals surface area contributed by atoms with Crippen LogP contribution in [-0.4, -0.2) is 82.7 Å². The van der Waals surface area contributed by atoms with E-state index in [1.54, 1.807) is 68.2 Å². The summed E-state index contributed by atoms with van der Waals surface area (Å²) in [7, 11) is 1.00. The van der Waals surface area contributed by atoms with Crippen molar-refractivity contribution in [3.63, 3.8) is 0 Å². The van der Waals surface area contributed by atoms with E-state index in [-0.39, 0.29) is 12.8 Å². The van der Waals surface area contributed by atoms with Crippen molar-refractivity contribution < 1.29 is 10.2 Å². The summed E-state index contributed by atoms with van der Waals surface area (Å²) in [6, 6.07) is 0. The average Bonchev–Trinajstić information content (AvgIpc) is 3.75. The first kappa shape index (κ1) is 23.9. The number of hydrogen-bond acceptors (Lipinski definition) is 8. The van der Waals surface area contributed by atoms with E-state index in [0.717, 1.165) is 7.11 Å². The maximum absolute atomic E-state index is 12.8. The zero-order chi connectivity index (χ0) is 25.7. The minimum atomic E-state index is -1.61. The molecule has 0 aliphatic carbocycles. The number of aromatic nitrogens is 12. The van der Waals surface area contributed by atoms with Gasteiger partial charge >= 0.3 is 0 Å². The highest BCUT2D eigenvalue weighted by molar-refractivity contribution is 5.51. The molecule has 190 valence electrons. The third-order valence-electron chi connectivity index (χ3n) is 6.12. The van der Waals surface area contributed by atoms with Crippen molar-refractivity contribution in [1.82, 2.24) is 59.8 Å². The standard InChI is InChI=1S/C22H22N12O.CH4O/c35-21(11-15-23-1-2-24-15,12-16-25-3-4-26-16)22(18-29-7-8-30-18,19-31-9-10-32-19)20-33-13-14(34-20)17-27-5-6-28-17;1-2/h1-10,13,35H,11-12H2,(H,23,24)(H,25,26)(H,27,28)(H,29,30)(H,31,32)(H,33,34);2H,1H3. The van der Waals surface area contributed by atoms with E-state index in [4.69, 9.17) is 10.1 Å². The Kier molecular flexibility index (Phi) is 6.49. The second-order valence-electron chi connectivity index (χ2n) is 8.17. The lowest BCUT2D eigenvalue weighted by molar-refractivity contribution is -0.0192. The number of nitrogens with zero attached hydrogens (tertiary/aromatic N) is 6. The molecule has 0 amide bonds. The van der Waals surface area contributed by atoms with Gasteiger partial charge in [0.25, 0.3) is 0 Å². The zero-order valence-electron chi connectivity index (χ0n) is 19.8. The topological polar surface area (TPSA) is 213 Å². The number of H-pyrrole nitrogens is 6. The predicted octanol–water partition coefficient (Wildman–Crippen LogP) is 0.852. The Labute approximate surface area is 210 Å².